The van der Waals surface area contributed by atoms with Gasteiger partial charge in [0.05, 0.1) is 25.8 Å². The number of anilines is 1. The van der Waals surface area contributed by atoms with Crippen molar-refractivity contribution in [2.45, 2.75) is 30.8 Å². The molecule has 2 N–H and O–H groups in total. The number of nitrogens with zero attached hydrogens (tertiary/aromatic N) is 4. The molecule has 0 aromatic carbocycles. The molecule has 0 spiro atoms. The van der Waals surface area contributed by atoms with Gasteiger partial charge in [-0.25, -0.2) is 14.3 Å². The Morgan fingerprint density at radius 2 is 1.96 bits per heavy atom. The van der Waals surface area contributed by atoms with Crippen LogP contribution in [0.5, 0.6) is 0 Å². The van der Waals surface area contributed by atoms with Gasteiger partial charge in [-0.15, -0.1) is 16.4 Å². The Kier molecular flexibility index (Phi) is 5.78. The number of nitrogen functional groups attached to an aromatic ring is 1. The minimum atomic E-state index is -0.599. The fraction of sp³-hybridized carbons (Fsp3) is 0.462. The van der Waals surface area contributed by atoms with Crippen molar-refractivity contribution in [3.05, 3.63) is 16.0 Å². The maximum atomic E-state index is 12.0. The lowest BCUT2D eigenvalue weighted by Gasteiger charge is -2.08. The van der Waals surface area contributed by atoms with Crippen LogP contribution >= 0.6 is 23.1 Å². The molecule has 0 amide bonds. The maximum absolute atomic E-state index is 12.0. The van der Waals surface area contributed by atoms with Crippen LogP contribution in [0.25, 0.3) is 0 Å². The molecule has 0 bridgehead atoms. The Morgan fingerprint density at radius 1 is 1.29 bits per heavy atom. The number of esters is 2. The summed E-state index contributed by atoms with van der Waals surface area (Å²) in [6.07, 6.45) is 0. The summed E-state index contributed by atoms with van der Waals surface area (Å²) in [5, 5.41) is 12.3. The van der Waals surface area contributed by atoms with Gasteiger partial charge in [-0.3, -0.25) is 0 Å². The number of carbonyl (C=O) groups excluding carboxylic acids is 2. The van der Waals surface area contributed by atoms with Gasteiger partial charge in [0, 0.05) is 11.3 Å². The van der Waals surface area contributed by atoms with Crippen LogP contribution in [0, 0.1) is 0 Å². The number of nitrogens with two attached hydrogens (primary N) is 1. The van der Waals surface area contributed by atoms with Crippen molar-refractivity contribution >= 4 is 40.0 Å². The van der Waals surface area contributed by atoms with E-state index in [4.69, 9.17) is 15.2 Å². The largest absolute Gasteiger partial charge is 0.465 e. The highest BCUT2D eigenvalue weighted by atomic mass is 32.2. The van der Waals surface area contributed by atoms with Gasteiger partial charge >= 0.3 is 11.9 Å². The van der Waals surface area contributed by atoms with Gasteiger partial charge < -0.3 is 15.2 Å². The fourth-order valence-electron chi connectivity index (χ4n) is 1.95. The Labute approximate surface area is 146 Å². The van der Waals surface area contributed by atoms with E-state index in [0.717, 1.165) is 11.3 Å². The minimum absolute atomic E-state index is 0.0789. The Hall–Kier alpha value is -2.14. The van der Waals surface area contributed by atoms with Crippen molar-refractivity contribution in [3.63, 3.8) is 0 Å². The summed E-state index contributed by atoms with van der Waals surface area (Å²) in [6.45, 7) is 3.89. The van der Waals surface area contributed by atoms with Crippen molar-refractivity contribution in [1.29, 1.82) is 0 Å². The molecule has 0 fully saturated rings. The molecule has 2 heterocycles. The van der Waals surface area contributed by atoms with Gasteiger partial charge in [0.2, 0.25) is 5.16 Å². The molecular formula is C13H17N5O4S2. The van der Waals surface area contributed by atoms with E-state index in [1.165, 1.54) is 26.0 Å². The van der Waals surface area contributed by atoms with Crippen LogP contribution in [0.15, 0.2) is 5.16 Å². The normalized spacial score (nSPS) is 10.9. The Balaban J connectivity index is 2.38. The van der Waals surface area contributed by atoms with E-state index in [0.29, 0.717) is 10.7 Å². The van der Waals surface area contributed by atoms with Crippen LogP contribution < -0.4 is 5.73 Å². The highest BCUT2D eigenvalue weighted by Crippen LogP contribution is 2.36. The number of thiophene rings is 1. The summed E-state index contributed by atoms with van der Waals surface area (Å²) < 4.78 is 11.2. The first-order valence-electron chi connectivity index (χ1n) is 6.89. The van der Waals surface area contributed by atoms with Crippen LogP contribution in [0.4, 0.5) is 5.00 Å². The topological polar surface area (TPSA) is 122 Å². The fourth-order valence-corrected chi connectivity index (χ4v) is 4.07. The highest BCUT2D eigenvalue weighted by molar-refractivity contribution is 7.98. The van der Waals surface area contributed by atoms with Crippen molar-refractivity contribution < 1.29 is 19.1 Å². The molecule has 0 atom stereocenters. The predicted molar refractivity (Wildman–Crippen MR) is 89.2 cm³/mol. The lowest BCUT2D eigenvalue weighted by Crippen LogP contribution is -2.09. The van der Waals surface area contributed by atoms with Crippen LogP contribution in [0.3, 0.4) is 0 Å². The monoisotopic (exact) mass is 371 g/mol. The Morgan fingerprint density at radius 3 is 2.54 bits per heavy atom. The second kappa shape index (κ2) is 7.62. The highest BCUT2D eigenvalue weighted by Gasteiger charge is 2.27. The second-order valence-corrected chi connectivity index (χ2v) is 6.92. The van der Waals surface area contributed by atoms with Crippen LogP contribution in [-0.4, -0.2) is 46.4 Å². The number of ether oxygens (including phenoxy) is 2. The van der Waals surface area contributed by atoms with Crippen molar-refractivity contribution in [2.75, 3.05) is 20.0 Å². The summed E-state index contributed by atoms with van der Waals surface area (Å²) in [5.74, 6) is -0.880. The maximum Gasteiger partial charge on any atom is 0.348 e. The van der Waals surface area contributed by atoms with E-state index in [2.05, 4.69) is 15.5 Å². The lowest BCUT2D eigenvalue weighted by atomic mass is 10.1. The van der Waals surface area contributed by atoms with E-state index in [1.807, 2.05) is 13.8 Å². The first kappa shape index (κ1) is 18.2. The van der Waals surface area contributed by atoms with Crippen LogP contribution in [-0.2, 0) is 15.2 Å². The van der Waals surface area contributed by atoms with Crippen molar-refractivity contribution in [3.8, 4) is 0 Å². The minimum Gasteiger partial charge on any atom is -0.465 e. The molecule has 0 aliphatic heterocycles. The quantitative estimate of drug-likeness (QED) is 0.597. The third-order valence-electron chi connectivity index (χ3n) is 3.09. The number of methoxy groups -OCH3 is 2. The summed E-state index contributed by atoms with van der Waals surface area (Å²) in [4.78, 5) is 24.3. The summed E-state index contributed by atoms with van der Waals surface area (Å²) >= 11 is 2.29. The van der Waals surface area contributed by atoms with E-state index < -0.39 is 11.9 Å². The molecule has 0 aliphatic rings. The van der Waals surface area contributed by atoms with Gasteiger partial charge in [0.1, 0.15) is 9.88 Å². The van der Waals surface area contributed by atoms with Crippen LogP contribution in [0.2, 0.25) is 0 Å². The van der Waals surface area contributed by atoms with Gasteiger partial charge in [-0.05, 0) is 24.3 Å². The average Bonchev–Trinajstić information content (AvgIpc) is 3.15. The van der Waals surface area contributed by atoms with Gasteiger partial charge in [-0.1, -0.05) is 11.8 Å². The predicted octanol–water partition coefficient (Wildman–Crippen LogP) is 1.76. The number of hydrogen-bond donors (Lipinski definition) is 1. The van der Waals surface area contributed by atoms with E-state index in [9.17, 15) is 9.59 Å². The molecule has 0 unspecified atom stereocenters. The summed E-state index contributed by atoms with van der Waals surface area (Å²) in [7, 11) is 2.53. The number of carbonyl (C=O) groups is 2. The van der Waals surface area contributed by atoms with E-state index in [-0.39, 0.29) is 27.2 Å². The van der Waals surface area contributed by atoms with Crippen molar-refractivity contribution in [1.82, 2.24) is 20.2 Å². The first-order valence-corrected chi connectivity index (χ1v) is 8.69. The molecule has 2 rings (SSSR count). The average molecular weight is 371 g/mol. The van der Waals surface area contributed by atoms with Crippen molar-refractivity contribution in [2.24, 2.45) is 0 Å². The molecule has 0 radical (unpaired) electrons. The molecule has 11 heteroatoms. The summed E-state index contributed by atoms with van der Waals surface area (Å²) in [5.41, 5.74) is 6.53. The first-order chi connectivity index (χ1) is 11.4. The van der Waals surface area contributed by atoms with E-state index in [1.54, 1.807) is 4.68 Å². The molecule has 2 aromatic heterocycles. The third kappa shape index (κ3) is 3.51. The molecule has 0 saturated carbocycles. The second-order valence-electron chi connectivity index (χ2n) is 4.92. The number of hydrogen-bond acceptors (Lipinski definition) is 10. The number of tetrazole rings is 1. The summed E-state index contributed by atoms with van der Waals surface area (Å²) in [6, 6.07) is 0.0789. The molecule has 130 valence electrons. The molecular weight excluding hydrogens is 354 g/mol. The number of aromatic nitrogens is 4. The molecule has 2 aromatic rings. The SMILES string of the molecule is COC(=O)c1sc(N)c(C(=O)OC)c1CSc1nnnn1C(C)C. The zero-order valence-corrected chi connectivity index (χ0v) is 15.2. The smallest absolute Gasteiger partial charge is 0.348 e. The molecule has 0 aliphatic carbocycles. The zero-order valence-electron chi connectivity index (χ0n) is 13.6. The van der Waals surface area contributed by atoms with Gasteiger partial charge in [-0.2, -0.15) is 0 Å². The lowest BCUT2D eigenvalue weighted by molar-refractivity contribution is 0.0601. The number of rotatable bonds is 6. The third-order valence-corrected chi connectivity index (χ3v) is 5.09. The zero-order chi connectivity index (χ0) is 17.9. The molecule has 0 saturated heterocycles. The standard InChI is InChI=1S/C13H17N5O4S2/c1-6(2)18-13(15-16-17-18)23-5-7-8(11(19)21-3)10(14)24-9(7)12(20)22-4/h6H,5,14H2,1-4H3. The van der Waals surface area contributed by atoms with Gasteiger partial charge in [0.25, 0.3) is 0 Å². The Bertz CT molecular complexity index is 756. The molecule has 24 heavy (non-hydrogen) atoms. The van der Waals surface area contributed by atoms with E-state index >= 15 is 0 Å². The number of thioether (sulfide) groups is 1. The van der Waals surface area contributed by atoms with Gasteiger partial charge in [0.15, 0.2) is 0 Å². The van der Waals surface area contributed by atoms with Crippen LogP contribution in [0.1, 0.15) is 45.5 Å². The molecule has 9 nitrogen and oxygen atoms in total.